The monoisotopic (exact) mass is 654 g/mol. The topological polar surface area (TPSA) is 207 Å². The summed E-state index contributed by atoms with van der Waals surface area (Å²) in [4.78, 5) is 63.1. The molecule has 48 heavy (non-hydrogen) atoms. The number of carboxylic acids is 4. The van der Waals surface area contributed by atoms with E-state index in [1.807, 2.05) is 45.9 Å². The molecule has 6 N–H and O–H groups in total. The molecule has 12 heteroatoms. The Kier molecular flexibility index (Phi) is 9.64. The summed E-state index contributed by atoms with van der Waals surface area (Å²) in [5.74, 6) is -3.75. The van der Waals surface area contributed by atoms with Gasteiger partial charge in [-0.05, 0) is 122 Å². The second-order valence-corrected chi connectivity index (χ2v) is 12.2. The van der Waals surface area contributed by atoms with Gasteiger partial charge in [-0.2, -0.15) is 0 Å². The number of allylic oxidation sites excluding steroid dienone is 4. The average Bonchev–Trinajstić information content (AvgIpc) is 3.66. The SMILES string of the molecule is CC1=C(CCC(=O)O)c2cc3nc(cc4[nH]c(cc5[nH]c(cc1n2)c(CCC(=O)O)c5C)c(CCC(=O)O)c4C)C(CCC(=O)O)=C3C. The summed E-state index contributed by atoms with van der Waals surface area (Å²) in [6, 6.07) is 7.40. The minimum absolute atomic E-state index is 0.0868. The molecule has 0 saturated heterocycles. The van der Waals surface area contributed by atoms with Gasteiger partial charge < -0.3 is 30.4 Å². The highest BCUT2D eigenvalue weighted by atomic mass is 16.4. The third-order valence-corrected chi connectivity index (χ3v) is 9.16. The van der Waals surface area contributed by atoms with Crippen LogP contribution in [0.15, 0.2) is 24.3 Å². The molecule has 0 aromatic carbocycles. The number of nitrogens with one attached hydrogen (secondary N) is 2. The third kappa shape index (κ3) is 7.07. The molecule has 5 rings (SSSR count). The van der Waals surface area contributed by atoms with Gasteiger partial charge in [0.2, 0.25) is 0 Å². The van der Waals surface area contributed by atoms with Gasteiger partial charge in [0.15, 0.2) is 0 Å². The van der Waals surface area contributed by atoms with Gasteiger partial charge in [0, 0.05) is 47.8 Å². The molecule has 0 radical (unpaired) electrons. The third-order valence-electron chi connectivity index (χ3n) is 9.16. The molecule has 3 aromatic rings. The lowest BCUT2D eigenvalue weighted by Crippen LogP contribution is -1.98. The van der Waals surface area contributed by atoms with Crippen LogP contribution in [0.5, 0.6) is 0 Å². The van der Waals surface area contributed by atoms with Gasteiger partial charge in [0.25, 0.3) is 0 Å². The van der Waals surface area contributed by atoms with Crippen molar-refractivity contribution in [2.45, 2.75) is 79.1 Å². The molecule has 0 saturated carbocycles. The molecule has 8 bridgehead atoms. The van der Waals surface area contributed by atoms with Crippen molar-refractivity contribution in [1.82, 2.24) is 19.9 Å². The highest BCUT2D eigenvalue weighted by Gasteiger charge is 2.23. The number of rotatable bonds is 12. The van der Waals surface area contributed by atoms with Gasteiger partial charge >= 0.3 is 23.9 Å². The molecule has 0 unspecified atom stereocenters. The summed E-state index contributed by atoms with van der Waals surface area (Å²) in [5, 5.41) is 38.0. The number of nitrogens with zero attached hydrogens (tertiary/aromatic N) is 2. The molecule has 0 spiro atoms. The quantitative estimate of drug-likeness (QED) is 0.124. The Hall–Kier alpha value is -5.52. The van der Waals surface area contributed by atoms with Crippen molar-refractivity contribution >= 4 is 68.2 Å². The summed E-state index contributed by atoms with van der Waals surface area (Å²) >= 11 is 0. The van der Waals surface area contributed by atoms with Gasteiger partial charge in [0.05, 0.1) is 22.8 Å². The Balaban J connectivity index is 1.91. The van der Waals surface area contributed by atoms with E-state index < -0.39 is 23.9 Å². The Bertz CT molecular complexity index is 2100. The Morgan fingerprint density at radius 2 is 0.854 bits per heavy atom. The molecule has 250 valence electrons. The fraction of sp³-hybridized carbons (Fsp3) is 0.333. The lowest BCUT2D eigenvalue weighted by Gasteiger charge is -2.04. The summed E-state index contributed by atoms with van der Waals surface area (Å²) in [6.07, 6.45) is 0.606. The number of aliphatic carboxylic acids is 4. The van der Waals surface area contributed by atoms with E-state index in [1.54, 1.807) is 6.07 Å². The number of fused-ring (bicyclic) bond motifs is 8. The van der Waals surface area contributed by atoms with Gasteiger partial charge in [0.1, 0.15) is 0 Å². The highest BCUT2D eigenvalue weighted by molar-refractivity contribution is 5.96. The van der Waals surface area contributed by atoms with Crippen LogP contribution in [0.2, 0.25) is 0 Å². The van der Waals surface area contributed by atoms with Crippen LogP contribution >= 0.6 is 0 Å². The number of aryl methyl sites for hydroxylation is 4. The maximum Gasteiger partial charge on any atom is 0.303 e. The molecule has 2 aliphatic heterocycles. The van der Waals surface area contributed by atoms with Gasteiger partial charge in [-0.15, -0.1) is 0 Å². The van der Waals surface area contributed by atoms with E-state index in [9.17, 15) is 39.6 Å². The van der Waals surface area contributed by atoms with E-state index in [2.05, 4.69) is 9.97 Å². The van der Waals surface area contributed by atoms with Gasteiger partial charge in [-0.3, -0.25) is 19.2 Å². The summed E-state index contributed by atoms with van der Waals surface area (Å²) < 4.78 is 0. The van der Waals surface area contributed by atoms with E-state index >= 15 is 0 Å². The Morgan fingerprint density at radius 1 is 0.500 bits per heavy atom. The van der Waals surface area contributed by atoms with E-state index in [0.717, 1.165) is 44.5 Å². The zero-order valence-electron chi connectivity index (χ0n) is 27.3. The van der Waals surface area contributed by atoms with Crippen LogP contribution < -0.4 is 0 Å². The van der Waals surface area contributed by atoms with Crippen molar-refractivity contribution in [3.05, 3.63) is 69.3 Å². The maximum atomic E-state index is 11.6. The predicted octanol–water partition coefficient (Wildman–Crippen LogP) is 6.56. The lowest BCUT2D eigenvalue weighted by molar-refractivity contribution is -0.138. The minimum Gasteiger partial charge on any atom is -0.481 e. The Morgan fingerprint density at radius 3 is 1.31 bits per heavy atom. The van der Waals surface area contributed by atoms with Crippen molar-refractivity contribution < 1.29 is 39.6 Å². The highest BCUT2D eigenvalue weighted by Crippen LogP contribution is 2.38. The van der Waals surface area contributed by atoms with Gasteiger partial charge in [-0.1, -0.05) is 0 Å². The standard InChI is InChI=1S/C36H38N4O8/c1-17-21(5-9-33(41)42)29-14-26-19(3)23(7-11-35(45)46)31(39-26)16-28-20(4)24(8-12-36(47)48)32(40-28)15-27-18(2)22(6-10-34(43)44)30(38-27)13-25(17)37-29/h13-16,37-38H,5-12H2,1-4H3,(H,41,42)(H,43,44)(H,45,46)(H,47,48). The van der Waals surface area contributed by atoms with Crippen LogP contribution in [-0.2, 0) is 32.0 Å². The molecular weight excluding hydrogens is 616 g/mol. The predicted molar refractivity (Wildman–Crippen MR) is 181 cm³/mol. The van der Waals surface area contributed by atoms with E-state index in [4.69, 9.17) is 9.97 Å². The molecule has 5 heterocycles. The maximum absolute atomic E-state index is 11.6. The van der Waals surface area contributed by atoms with Crippen LogP contribution in [0, 0.1) is 13.8 Å². The zero-order valence-corrected chi connectivity index (χ0v) is 27.3. The average molecular weight is 655 g/mol. The molecule has 3 aromatic heterocycles. The second-order valence-electron chi connectivity index (χ2n) is 12.2. The number of H-pyrrole nitrogens is 2. The smallest absolute Gasteiger partial charge is 0.303 e. The van der Waals surface area contributed by atoms with Crippen LogP contribution in [-0.4, -0.2) is 64.2 Å². The summed E-state index contributed by atoms with van der Waals surface area (Å²) in [6.45, 7) is 7.55. The number of carbonyl (C=O) groups is 4. The minimum atomic E-state index is -0.944. The Labute approximate surface area is 275 Å². The molecule has 0 aliphatic carbocycles. The first-order valence-corrected chi connectivity index (χ1v) is 15.7. The largest absolute Gasteiger partial charge is 0.481 e. The first-order chi connectivity index (χ1) is 22.7. The molecular formula is C36H38N4O8. The van der Waals surface area contributed by atoms with Crippen LogP contribution in [0.3, 0.4) is 0 Å². The van der Waals surface area contributed by atoms with Crippen molar-refractivity contribution in [3.8, 4) is 0 Å². The number of aromatic nitrogens is 4. The van der Waals surface area contributed by atoms with Crippen molar-refractivity contribution in [2.75, 3.05) is 0 Å². The molecule has 0 fully saturated rings. The number of aromatic amines is 2. The van der Waals surface area contributed by atoms with Crippen molar-refractivity contribution in [3.63, 3.8) is 0 Å². The summed E-state index contributed by atoms with van der Waals surface area (Å²) in [7, 11) is 0. The second kappa shape index (κ2) is 13.7. The van der Waals surface area contributed by atoms with Crippen LogP contribution in [0.25, 0.3) is 44.4 Å². The van der Waals surface area contributed by atoms with Crippen molar-refractivity contribution in [2.24, 2.45) is 0 Å². The molecule has 2 aliphatic rings. The summed E-state index contributed by atoms with van der Waals surface area (Å²) in [5.41, 5.74) is 11.4. The first kappa shape index (κ1) is 33.8. The number of carboxylic acid groups (broad SMARTS) is 4. The van der Waals surface area contributed by atoms with E-state index in [1.165, 1.54) is 0 Å². The number of hydrogen-bond acceptors (Lipinski definition) is 6. The fourth-order valence-corrected chi connectivity index (χ4v) is 6.42. The van der Waals surface area contributed by atoms with E-state index in [-0.39, 0.29) is 51.4 Å². The fourth-order valence-electron chi connectivity index (χ4n) is 6.42. The van der Waals surface area contributed by atoms with E-state index in [0.29, 0.717) is 44.8 Å². The molecule has 12 nitrogen and oxygen atoms in total. The zero-order chi connectivity index (χ0) is 34.9. The lowest BCUT2D eigenvalue weighted by atomic mass is 9.98. The van der Waals surface area contributed by atoms with Gasteiger partial charge in [-0.25, -0.2) is 9.97 Å². The van der Waals surface area contributed by atoms with Crippen LogP contribution in [0.1, 0.15) is 97.4 Å². The first-order valence-electron chi connectivity index (χ1n) is 15.7. The van der Waals surface area contributed by atoms with Crippen LogP contribution in [0.4, 0.5) is 0 Å². The molecule has 0 atom stereocenters. The van der Waals surface area contributed by atoms with Crippen molar-refractivity contribution in [1.29, 1.82) is 0 Å². The normalized spacial score (nSPS) is 12.9. The molecule has 0 amide bonds. The number of hydrogen-bond donors (Lipinski definition) is 6.